The molecule has 0 aliphatic carbocycles. The summed E-state index contributed by atoms with van der Waals surface area (Å²) in [5.74, 6) is -0.376. The Morgan fingerprint density at radius 1 is 1.28 bits per heavy atom. The Balaban J connectivity index is 0.000000771. The van der Waals surface area contributed by atoms with Gasteiger partial charge in [-0.1, -0.05) is 13.8 Å². The van der Waals surface area contributed by atoms with Crippen LogP contribution >= 0.6 is 0 Å². The zero-order chi connectivity index (χ0) is 13.9. The van der Waals surface area contributed by atoms with Crippen molar-refractivity contribution in [1.29, 1.82) is 0 Å². The fourth-order valence-electron chi connectivity index (χ4n) is 1.98. The first-order valence-electron chi connectivity index (χ1n) is 6.32. The average molecular weight is 259 g/mol. The molecule has 1 N–H and O–H groups in total. The maximum absolute atomic E-state index is 11.6. The summed E-state index contributed by atoms with van der Waals surface area (Å²) in [4.78, 5) is 23.8. The van der Waals surface area contributed by atoms with E-state index in [1.165, 1.54) is 7.05 Å². The van der Waals surface area contributed by atoms with Gasteiger partial charge in [0.15, 0.2) is 0 Å². The summed E-state index contributed by atoms with van der Waals surface area (Å²) >= 11 is 0. The van der Waals surface area contributed by atoms with Crippen LogP contribution in [0.2, 0.25) is 0 Å². The van der Waals surface area contributed by atoms with Gasteiger partial charge in [0.05, 0.1) is 12.2 Å². The Labute approximate surface area is 107 Å². The van der Waals surface area contributed by atoms with E-state index in [9.17, 15) is 14.7 Å². The second-order valence-corrected chi connectivity index (χ2v) is 4.23. The van der Waals surface area contributed by atoms with Gasteiger partial charge in [0.25, 0.3) is 5.91 Å². The van der Waals surface area contributed by atoms with Crippen molar-refractivity contribution >= 4 is 12.0 Å². The van der Waals surface area contributed by atoms with Crippen molar-refractivity contribution in [2.45, 2.75) is 58.0 Å². The molecule has 0 aromatic heterocycles. The van der Waals surface area contributed by atoms with Gasteiger partial charge in [-0.2, -0.15) is 0 Å². The summed E-state index contributed by atoms with van der Waals surface area (Å²) in [6.45, 7) is 5.74. The highest BCUT2D eigenvalue weighted by Gasteiger charge is 2.45. The van der Waals surface area contributed by atoms with Crippen LogP contribution in [0, 0.1) is 0 Å². The third-order valence-corrected chi connectivity index (χ3v) is 3.09. The van der Waals surface area contributed by atoms with Crippen molar-refractivity contribution in [2.75, 3.05) is 7.05 Å². The number of rotatable bonds is 1. The molecule has 3 unspecified atom stereocenters. The lowest BCUT2D eigenvalue weighted by Crippen LogP contribution is -2.45. The number of hydrogen-bond donors (Lipinski definition) is 1. The third kappa shape index (κ3) is 2.81. The number of cyclic esters (lactones) is 1. The first-order chi connectivity index (χ1) is 8.50. The van der Waals surface area contributed by atoms with Crippen LogP contribution in [0.3, 0.4) is 0 Å². The fraction of sp³-hybridized carbons (Fsp3) is 0.833. The van der Waals surface area contributed by atoms with Gasteiger partial charge in [-0.05, 0) is 19.8 Å². The molecule has 0 aromatic rings. The Kier molecular flexibility index (Phi) is 5.10. The molecular weight excluding hydrogens is 238 g/mol. The van der Waals surface area contributed by atoms with Crippen LogP contribution in [-0.2, 0) is 14.3 Å². The lowest BCUT2D eigenvalue weighted by atomic mass is 9.98. The molecule has 2 saturated heterocycles. The molecule has 6 heteroatoms. The van der Waals surface area contributed by atoms with E-state index in [0.717, 1.165) is 4.90 Å². The molecular formula is C12H21NO5. The molecule has 2 rings (SSSR count). The zero-order valence-corrected chi connectivity index (χ0v) is 11.3. The summed E-state index contributed by atoms with van der Waals surface area (Å²) in [6.07, 6.45) is -1.72. The molecule has 18 heavy (non-hydrogen) atoms. The van der Waals surface area contributed by atoms with Crippen molar-refractivity contribution < 1.29 is 24.2 Å². The molecule has 0 bridgehead atoms. The van der Waals surface area contributed by atoms with Crippen LogP contribution in [0.15, 0.2) is 0 Å². The van der Waals surface area contributed by atoms with Gasteiger partial charge in [0.2, 0.25) is 6.10 Å². The Morgan fingerprint density at radius 3 is 2.33 bits per heavy atom. The van der Waals surface area contributed by atoms with Crippen LogP contribution < -0.4 is 0 Å². The largest absolute Gasteiger partial charge is 0.433 e. The summed E-state index contributed by atoms with van der Waals surface area (Å²) in [5, 5.41) is 9.48. The predicted octanol–water partition coefficient (Wildman–Crippen LogP) is 0.918. The number of likely N-dealkylation sites (N-methyl/N-ethyl adjacent to an activating group) is 1. The van der Waals surface area contributed by atoms with E-state index in [1.54, 1.807) is 6.92 Å². The third-order valence-electron chi connectivity index (χ3n) is 3.09. The van der Waals surface area contributed by atoms with Gasteiger partial charge in [-0.25, -0.2) is 9.69 Å². The van der Waals surface area contributed by atoms with Crippen LogP contribution in [0.1, 0.15) is 33.6 Å². The van der Waals surface area contributed by atoms with Crippen LogP contribution in [0.5, 0.6) is 0 Å². The lowest BCUT2D eigenvalue weighted by molar-refractivity contribution is -0.155. The minimum Gasteiger partial charge on any atom is -0.433 e. The molecule has 2 fully saturated rings. The smallest absolute Gasteiger partial charge is 0.417 e. The Morgan fingerprint density at radius 2 is 1.89 bits per heavy atom. The van der Waals surface area contributed by atoms with Gasteiger partial charge in [0.1, 0.15) is 6.10 Å². The van der Waals surface area contributed by atoms with Gasteiger partial charge >= 0.3 is 6.09 Å². The molecule has 0 spiro atoms. The van der Waals surface area contributed by atoms with E-state index in [-0.39, 0.29) is 12.0 Å². The summed E-state index contributed by atoms with van der Waals surface area (Å²) < 4.78 is 10.4. The lowest BCUT2D eigenvalue weighted by Gasteiger charge is -2.33. The van der Waals surface area contributed by atoms with Gasteiger partial charge in [-0.3, -0.25) is 4.79 Å². The molecule has 6 nitrogen and oxygen atoms in total. The average Bonchev–Trinajstić information content (AvgIpc) is 2.63. The zero-order valence-electron chi connectivity index (χ0n) is 11.3. The van der Waals surface area contributed by atoms with E-state index in [1.807, 2.05) is 13.8 Å². The number of aliphatic hydroxyl groups is 1. The van der Waals surface area contributed by atoms with Gasteiger partial charge in [-0.15, -0.1) is 0 Å². The molecule has 2 aliphatic heterocycles. The van der Waals surface area contributed by atoms with E-state index in [4.69, 9.17) is 9.47 Å². The highest BCUT2D eigenvalue weighted by atomic mass is 16.6. The quantitative estimate of drug-likeness (QED) is 0.757. The number of hydrogen-bond acceptors (Lipinski definition) is 5. The number of carbonyl (C=O) groups excluding carboxylic acids is 2. The fourth-order valence-corrected chi connectivity index (χ4v) is 1.98. The highest BCUT2D eigenvalue weighted by molar-refractivity contribution is 6.00. The monoisotopic (exact) mass is 259 g/mol. The summed E-state index contributed by atoms with van der Waals surface area (Å²) in [5.41, 5.74) is 0. The number of ether oxygens (including phenoxy) is 2. The molecule has 104 valence electrons. The highest BCUT2D eigenvalue weighted by Crippen LogP contribution is 2.26. The number of imide groups is 1. The van der Waals surface area contributed by atoms with Crippen LogP contribution in [0.4, 0.5) is 4.79 Å². The second-order valence-electron chi connectivity index (χ2n) is 4.23. The minimum absolute atomic E-state index is 0.337. The van der Waals surface area contributed by atoms with Gasteiger partial charge in [0, 0.05) is 7.05 Å². The molecule has 0 radical (unpaired) electrons. The van der Waals surface area contributed by atoms with Crippen molar-refractivity contribution in [3.63, 3.8) is 0 Å². The van der Waals surface area contributed by atoms with Crippen LogP contribution in [-0.4, -0.2) is 53.5 Å². The second kappa shape index (κ2) is 6.15. The predicted molar refractivity (Wildman–Crippen MR) is 64.0 cm³/mol. The van der Waals surface area contributed by atoms with Crippen molar-refractivity contribution in [1.82, 2.24) is 4.90 Å². The Hall–Kier alpha value is -1.14. The molecule has 2 amide bonds. The maximum Gasteiger partial charge on any atom is 0.417 e. The molecule has 4 atom stereocenters. The number of carbonyl (C=O) groups is 2. The number of nitrogens with zero attached hydrogens (tertiary/aromatic N) is 1. The standard InChI is InChI=1S/C10H15NO5.C2H6/c1-5-6(12)3-4-7(15-5)8-9(13)11(2)10(14)16-8;1-2/h5-8,12H,3-4H2,1-2H3;1-2H3/t5-,6?,7?,8?;/m0./s1. The van der Waals surface area contributed by atoms with Gasteiger partial charge < -0.3 is 14.6 Å². The normalized spacial score (nSPS) is 35.9. The summed E-state index contributed by atoms with van der Waals surface area (Å²) in [7, 11) is 1.38. The van der Waals surface area contributed by atoms with Crippen molar-refractivity contribution in [3.05, 3.63) is 0 Å². The molecule has 0 saturated carbocycles. The molecule has 2 aliphatic rings. The van der Waals surface area contributed by atoms with E-state index < -0.39 is 24.4 Å². The minimum atomic E-state index is -0.854. The maximum atomic E-state index is 11.6. The molecule has 0 aromatic carbocycles. The number of amides is 2. The van der Waals surface area contributed by atoms with E-state index in [0.29, 0.717) is 12.8 Å². The molecule has 2 heterocycles. The first kappa shape index (κ1) is 14.9. The van der Waals surface area contributed by atoms with E-state index in [2.05, 4.69) is 0 Å². The first-order valence-corrected chi connectivity index (χ1v) is 6.32. The number of aliphatic hydroxyl groups excluding tert-OH is 1. The Bertz CT molecular complexity index is 320. The summed E-state index contributed by atoms with van der Waals surface area (Å²) in [6, 6.07) is 0. The van der Waals surface area contributed by atoms with Crippen molar-refractivity contribution in [2.24, 2.45) is 0 Å². The van der Waals surface area contributed by atoms with Crippen LogP contribution in [0.25, 0.3) is 0 Å². The SMILES string of the molecule is CC.C[C@@H]1OC(C2OC(=O)N(C)C2=O)CCC1O. The topological polar surface area (TPSA) is 76.1 Å². The van der Waals surface area contributed by atoms with Crippen molar-refractivity contribution in [3.8, 4) is 0 Å². The van der Waals surface area contributed by atoms with E-state index >= 15 is 0 Å².